The lowest BCUT2D eigenvalue weighted by molar-refractivity contribution is 0.322. The third kappa shape index (κ3) is 3.31. The summed E-state index contributed by atoms with van der Waals surface area (Å²) >= 11 is 6.01. The Morgan fingerprint density at radius 1 is 1.23 bits per heavy atom. The summed E-state index contributed by atoms with van der Waals surface area (Å²) in [7, 11) is 0. The van der Waals surface area contributed by atoms with Gasteiger partial charge in [0, 0.05) is 11.3 Å². The molecule has 0 radical (unpaired) electrons. The zero-order valence-corrected chi connectivity index (χ0v) is 12.5. The lowest BCUT2D eigenvalue weighted by Gasteiger charge is -2.19. The number of para-hydroxylation sites is 1. The van der Waals surface area contributed by atoms with Gasteiger partial charge in [-0.3, -0.25) is 0 Å². The second-order valence-corrected chi connectivity index (χ2v) is 5.17. The van der Waals surface area contributed by atoms with Crippen molar-refractivity contribution in [1.82, 2.24) is 5.32 Å². The standard InChI is InChI=1S/C16H15ClFN3O/c17-12-4-1-2-7-15(12)22-9-8-19-16-20-10-11-13(18)5-3-6-14(11)21-16/h1-7H,8-10H2,(H2,19,20,21). The van der Waals surface area contributed by atoms with Crippen LogP contribution in [0.2, 0.25) is 5.02 Å². The van der Waals surface area contributed by atoms with E-state index in [9.17, 15) is 4.39 Å². The van der Waals surface area contributed by atoms with Crippen molar-refractivity contribution in [2.75, 3.05) is 18.5 Å². The minimum absolute atomic E-state index is 0.241. The highest BCUT2D eigenvalue weighted by molar-refractivity contribution is 6.32. The highest BCUT2D eigenvalue weighted by Crippen LogP contribution is 2.23. The fourth-order valence-corrected chi connectivity index (χ4v) is 2.34. The smallest absolute Gasteiger partial charge is 0.196 e. The number of hydrogen-bond donors (Lipinski definition) is 2. The number of nitrogens with one attached hydrogen (secondary N) is 2. The van der Waals surface area contributed by atoms with E-state index in [1.165, 1.54) is 6.07 Å². The first-order chi connectivity index (χ1) is 10.7. The van der Waals surface area contributed by atoms with E-state index in [0.717, 1.165) is 5.69 Å². The average Bonchev–Trinajstić information content (AvgIpc) is 2.53. The Kier molecular flexibility index (Phi) is 4.44. The first-order valence-electron chi connectivity index (χ1n) is 6.94. The molecule has 0 spiro atoms. The molecule has 2 aromatic carbocycles. The van der Waals surface area contributed by atoms with Gasteiger partial charge in [-0.15, -0.1) is 0 Å². The Balaban J connectivity index is 1.49. The normalized spacial score (nSPS) is 12.9. The Hall–Kier alpha value is -2.27. The summed E-state index contributed by atoms with van der Waals surface area (Å²) in [5, 5.41) is 6.77. The van der Waals surface area contributed by atoms with E-state index in [2.05, 4.69) is 15.6 Å². The van der Waals surface area contributed by atoms with Crippen LogP contribution < -0.4 is 15.4 Å². The van der Waals surface area contributed by atoms with E-state index < -0.39 is 0 Å². The van der Waals surface area contributed by atoms with Gasteiger partial charge in [-0.1, -0.05) is 29.8 Å². The largest absolute Gasteiger partial charge is 0.490 e. The molecular formula is C16H15ClFN3O. The van der Waals surface area contributed by atoms with Crippen molar-refractivity contribution in [3.8, 4) is 5.75 Å². The predicted molar refractivity (Wildman–Crippen MR) is 86.1 cm³/mol. The van der Waals surface area contributed by atoms with E-state index in [1.807, 2.05) is 24.3 Å². The molecule has 1 heterocycles. The predicted octanol–water partition coefficient (Wildman–Crippen LogP) is 3.43. The zero-order valence-electron chi connectivity index (χ0n) is 11.8. The molecule has 1 aliphatic heterocycles. The molecule has 4 nitrogen and oxygen atoms in total. The van der Waals surface area contributed by atoms with E-state index in [1.54, 1.807) is 12.1 Å². The van der Waals surface area contributed by atoms with Crippen molar-refractivity contribution in [3.63, 3.8) is 0 Å². The number of nitrogens with zero attached hydrogens (tertiary/aromatic N) is 1. The van der Waals surface area contributed by atoms with Crippen LogP contribution in [0, 0.1) is 5.82 Å². The first kappa shape index (κ1) is 14.7. The van der Waals surface area contributed by atoms with Crippen molar-refractivity contribution in [2.24, 2.45) is 4.99 Å². The van der Waals surface area contributed by atoms with E-state index in [0.29, 0.717) is 42.0 Å². The average molecular weight is 320 g/mol. The number of anilines is 1. The summed E-state index contributed by atoms with van der Waals surface area (Å²) in [6.07, 6.45) is 0. The molecule has 0 bridgehead atoms. The lowest BCUT2D eigenvalue weighted by Crippen LogP contribution is -2.36. The van der Waals surface area contributed by atoms with Gasteiger partial charge in [-0.05, 0) is 24.3 Å². The van der Waals surface area contributed by atoms with Crippen molar-refractivity contribution >= 4 is 23.2 Å². The van der Waals surface area contributed by atoms with Crippen LogP contribution >= 0.6 is 11.6 Å². The Labute approximate surface area is 133 Å². The number of halogens is 2. The fraction of sp³-hybridized carbons (Fsp3) is 0.188. The fourth-order valence-electron chi connectivity index (χ4n) is 2.15. The number of benzene rings is 2. The molecule has 0 saturated carbocycles. The number of rotatable bonds is 4. The SMILES string of the molecule is Fc1cccc2c1CN=C(NCCOc1ccccc1Cl)N2. The quantitative estimate of drug-likeness (QED) is 0.849. The lowest BCUT2D eigenvalue weighted by atomic mass is 10.1. The Bertz CT molecular complexity index is 706. The van der Waals surface area contributed by atoms with Crippen LogP contribution in [0.25, 0.3) is 0 Å². The molecule has 2 aromatic rings. The first-order valence-corrected chi connectivity index (χ1v) is 7.32. The molecule has 6 heteroatoms. The molecule has 0 aliphatic carbocycles. The number of aliphatic imine (C=N–C) groups is 1. The van der Waals surface area contributed by atoms with Gasteiger partial charge in [-0.25, -0.2) is 9.38 Å². The van der Waals surface area contributed by atoms with Crippen LogP contribution in [-0.2, 0) is 6.54 Å². The highest BCUT2D eigenvalue weighted by Gasteiger charge is 2.14. The minimum atomic E-state index is -0.241. The van der Waals surface area contributed by atoms with Crippen LogP contribution in [0.1, 0.15) is 5.56 Å². The van der Waals surface area contributed by atoms with Gasteiger partial charge in [0.2, 0.25) is 0 Å². The summed E-state index contributed by atoms with van der Waals surface area (Å²) in [4.78, 5) is 4.27. The van der Waals surface area contributed by atoms with Crippen molar-refractivity contribution in [2.45, 2.75) is 6.54 Å². The topological polar surface area (TPSA) is 45.7 Å². The molecule has 0 aromatic heterocycles. The maximum Gasteiger partial charge on any atom is 0.196 e. The second kappa shape index (κ2) is 6.66. The monoisotopic (exact) mass is 319 g/mol. The van der Waals surface area contributed by atoms with Crippen LogP contribution in [0.4, 0.5) is 10.1 Å². The maximum atomic E-state index is 13.6. The van der Waals surface area contributed by atoms with E-state index in [4.69, 9.17) is 16.3 Å². The van der Waals surface area contributed by atoms with Gasteiger partial charge in [0.15, 0.2) is 5.96 Å². The molecule has 0 atom stereocenters. The van der Waals surface area contributed by atoms with E-state index in [-0.39, 0.29) is 5.82 Å². The summed E-state index contributed by atoms with van der Waals surface area (Å²) in [6.45, 7) is 1.32. The Morgan fingerprint density at radius 3 is 2.95 bits per heavy atom. The third-order valence-electron chi connectivity index (χ3n) is 3.26. The van der Waals surface area contributed by atoms with Gasteiger partial charge in [0.25, 0.3) is 0 Å². The molecule has 0 fully saturated rings. The maximum absolute atomic E-state index is 13.6. The number of hydrogen-bond acceptors (Lipinski definition) is 4. The summed E-state index contributed by atoms with van der Waals surface area (Å²) < 4.78 is 19.1. The zero-order chi connectivity index (χ0) is 15.4. The second-order valence-electron chi connectivity index (χ2n) is 4.76. The van der Waals surface area contributed by atoms with Crippen molar-refractivity contribution < 1.29 is 9.13 Å². The van der Waals surface area contributed by atoms with E-state index >= 15 is 0 Å². The molecule has 0 saturated heterocycles. The van der Waals surface area contributed by atoms with Crippen molar-refractivity contribution in [1.29, 1.82) is 0 Å². The Morgan fingerprint density at radius 2 is 2.09 bits per heavy atom. The molecule has 114 valence electrons. The van der Waals surface area contributed by atoms with Crippen molar-refractivity contribution in [3.05, 3.63) is 58.9 Å². The van der Waals surface area contributed by atoms with Crippen LogP contribution in [0.5, 0.6) is 5.75 Å². The van der Waals surface area contributed by atoms with Gasteiger partial charge in [0.1, 0.15) is 18.2 Å². The third-order valence-corrected chi connectivity index (χ3v) is 3.57. The molecule has 1 aliphatic rings. The molecule has 0 unspecified atom stereocenters. The molecule has 22 heavy (non-hydrogen) atoms. The highest BCUT2D eigenvalue weighted by atomic mass is 35.5. The minimum Gasteiger partial charge on any atom is -0.490 e. The summed E-state index contributed by atoms with van der Waals surface area (Å²) in [5.41, 5.74) is 1.32. The van der Waals surface area contributed by atoms with Crippen LogP contribution in [0.15, 0.2) is 47.5 Å². The molecule has 0 amide bonds. The van der Waals surface area contributed by atoms with Gasteiger partial charge < -0.3 is 15.4 Å². The molecule has 3 rings (SSSR count). The molecular weight excluding hydrogens is 305 g/mol. The van der Waals surface area contributed by atoms with Crippen LogP contribution in [0.3, 0.4) is 0 Å². The van der Waals surface area contributed by atoms with Gasteiger partial charge in [0.05, 0.1) is 18.1 Å². The number of ether oxygens (including phenoxy) is 1. The summed E-state index contributed by atoms with van der Waals surface area (Å²) in [5.74, 6) is 1.02. The van der Waals surface area contributed by atoms with Gasteiger partial charge >= 0.3 is 0 Å². The molecule has 2 N–H and O–H groups in total. The number of fused-ring (bicyclic) bond motifs is 1. The number of guanidine groups is 1. The summed E-state index contributed by atoms with van der Waals surface area (Å²) in [6, 6.07) is 12.3. The van der Waals surface area contributed by atoms with Gasteiger partial charge in [-0.2, -0.15) is 0 Å². The van der Waals surface area contributed by atoms with Crippen LogP contribution in [-0.4, -0.2) is 19.1 Å².